The molecule has 0 saturated carbocycles. The monoisotopic (exact) mass is 255 g/mol. The molecule has 1 saturated heterocycles. The fourth-order valence-corrected chi connectivity index (χ4v) is 2.22. The minimum atomic E-state index is -0.464. The number of likely N-dealkylation sites (N-methyl/N-ethyl adjacent to an activating group) is 1. The Bertz CT molecular complexity index is 439. The van der Waals surface area contributed by atoms with E-state index in [1.807, 2.05) is 0 Å². The molecule has 0 aromatic heterocycles. The molecule has 0 aliphatic carbocycles. The van der Waals surface area contributed by atoms with Crippen LogP contribution in [-0.4, -0.2) is 36.0 Å². The largest absolute Gasteiger partial charge is 0.381 e. The average molecular weight is 256 g/mol. The lowest BCUT2D eigenvalue weighted by molar-refractivity contribution is -0.384. The fraction of sp³-hybridized carbons (Fsp3) is 0.455. The molecular weight excluding hydrogens is 242 g/mol. The summed E-state index contributed by atoms with van der Waals surface area (Å²) < 4.78 is 0. The third-order valence-corrected chi connectivity index (χ3v) is 3.22. The van der Waals surface area contributed by atoms with Gasteiger partial charge in [0.05, 0.1) is 4.92 Å². The molecule has 5 nitrogen and oxygen atoms in total. The summed E-state index contributed by atoms with van der Waals surface area (Å²) in [6.45, 7) is 2.00. The van der Waals surface area contributed by atoms with E-state index in [0.29, 0.717) is 6.04 Å². The van der Waals surface area contributed by atoms with E-state index >= 15 is 0 Å². The third kappa shape index (κ3) is 2.87. The van der Waals surface area contributed by atoms with Crippen molar-refractivity contribution in [1.82, 2.24) is 4.90 Å². The summed E-state index contributed by atoms with van der Waals surface area (Å²) >= 11 is 5.75. The van der Waals surface area contributed by atoms with E-state index in [2.05, 4.69) is 17.3 Å². The van der Waals surface area contributed by atoms with Crippen LogP contribution in [0.25, 0.3) is 0 Å². The van der Waals surface area contributed by atoms with Gasteiger partial charge in [0.25, 0.3) is 5.69 Å². The van der Waals surface area contributed by atoms with Gasteiger partial charge in [0.2, 0.25) is 0 Å². The molecule has 1 aliphatic rings. The maximum Gasteiger partial charge on any atom is 0.289 e. The highest BCUT2D eigenvalue weighted by Gasteiger charge is 2.20. The Balaban J connectivity index is 2.11. The summed E-state index contributed by atoms with van der Waals surface area (Å²) in [7, 11) is 2.06. The van der Waals surface area contributed by atoms with Gasteiger partial charge in [0.1, 0.15) is 5.02 Å². The number of benzene rings is 1. The van der Waals surface area contributed by atoms with Gasteiger partial charge in [-0.3, -0.25) is 10.1 Å². The van der Waals surface area contributed by atoms with Crippen molar-refractivity contribution >= 4 is 23.0 Å². The SMILES string of the molecule is CN1CCC(Nc2ccc(Cl)c([N+](=O)[O-])c2)C1. The Morgan fingerprint density at radius 1 is 1.59 bits per heavy atom. The van der Waals surface area contributed by atoms with Crippen LogP contribution in [-0.2, 0) is 0 Å². The number of halogens is 1. The zero-order chi connectivity index (χ0) is 12.4. The number of nitro benzene ring substituents is 1. The summed E-state index contributed by atoms with van der Waals surface area (Å²) in [4.78, 5) is 12.5. The van der Waals surface area contributed by atoms with E-state index in [9.17, 15) is 10.1 Å². The molecule has 1 N–H and O–H groups in total. The molecule has 1 atom stereocenters. The van der Waals surface area contributed by atoms with Crippen LogP contribution in [0.4, 0.5) is 11.4 Å². The van der Waals surface area contributed by atoms with Crippen LogP contribution >= 0.6 is 11.6 Å². The van der Waals surface area contributed by atoms with Crippen molar-refractivity contribution in [3.05, 3.63) is 33.3 Å². The molecule has 0 spiro atoms. The molecule has 0 radical (unpaired) electrons. The zero-order valence-corrected chi connectivity index (χ0v) is 10.3. The summed E-state index contributed by atoms with van der Waals surface area (Å²) in [5.74, 6) is 0. The fourth-order valence-electron chi connectivity index (χ4n) is 2.03. The zero-order valence-electron chi connectivity index (χ0n) is 9.52. The van der Waals surface area contributed by atoms with Crippen LogP contribution in [0.1, 0.15) is 6.42 Å². The van der Waals surface area contributed by atoms with Crippen molar-refractivity contribution in [2.75, 3.05) is 25.5 Å². The van der Waals surface area contributed by atoms with E-state index in [-0.39, 0.29) is 10.7 Å². The highest BCUT2D eigenvalue weighted by Crippen LogP contribution is 2.28. The first-order valence-electron chi connectivity index (χ1n) is 5.45. The Morgan fingerprint density at radius 3 is 2.94 bits per heavy atom. The summed E-state index contributed by atoms with van der Waals surface area (Å²) in [6.07, 6.45) is 1.05. The maximum absolute atomic E-state index is 10.7. The number of nitro groups is 1. The van der Waals surface area contributed by atoms with E-state index in [0.717, 1.165) is 25.2 Å². The average Bonchev–Trinajstić information content (AvgIpc) is 2.66. The molecule has 2 rings (SSSR count). The third-order valence-electron chi connectivity index (χ3n) is 2.90. The lowest BCUT2D eigenvalue weighted by Gasteiger charge is -2.14. The Kier molecular flexibility index (Phi) is 3.49. The second-order valence-electron chi connectivity index (χ2n) is 4.32. The van der Waals surface area contributed by atoms with E-state index in [4.69, 9.17) is 11.6 Å². The Morgan fingerprint density at radius 2 is 2.35 bits per heavy atom. The normalized spacial score (nSPS) is 20.5. The number of anilines is 1. The van der Waals surface area contributed by atoms with Gasteiger partial charge in [-0.05, 0) is 32.1 Å². The molecule has 1 fully saturated rings. The van der Waals surface area contributed by atoms with E-state index in [1.54, 1.807) is 12.1 Å². The minimum Gasteiger partial charge on any atom is -0.381 e. The number of nitrogens with one attached hydrogen (secondary N) is 1. The molecule has 1 heterocycles. The molecule has 6 heteroatoms. The molecule has 0 bridgehead atoms. The number of nitrogens with zero attached hydrogens (tertiary/aromatic N) is 2. The van der Waals surface area contributed by atoms with Gasteiger partial charge >= 0.3 is 0 Å². The quantitative estimate of drug-likeness (QED) is 0.665. The molecular formula is C11H14ClN3O2. The van der Waals surface area contributed by atoms with Gasteiger partial charge < -0.3 is 10.2 Å². The predicted octanol–water partition coefficient (Wildman–Crippen LogP) is 2.36. The second kappa shape index (κ2) is 4.89. The molecule has 1 unspecified atom stereocenters. The van der Waals surface area contributed by atoms with Crippen molar-refractivity contribution in [1.29, 1.82) is 0 Å². The molecule has 1 aromatic carbocycles. The van der Waals surface area contributed by atoms with Gasteiger partial charge in [-0.25, -0.2) is 0 Å². The first-order valence-corrected chi connectivity index (χ1v) is 5.83. The topological polar surface area (TPSA) is 58.4 Å². The van der Waals surface area contributed by atoms with Crippen LogP contribution in [0.3, 0.4) is 0 Å². The van der Waals surface area contributed by atoms with Gasteiger partial charge in [-0.15, -0.1) is 0 Å². The van der Waals surface area contributed by atoms with Gasteiger partial charge in [0.15, 0.2) is 0 Å². The van der Waals surface area contributed by atoms with Gasteiger partial charge in [-0.1, -0.05) is 11.6 Å². The first-order chi connectivity index (χ1) is 8.06. The van der Waals surface area contributed by atoms with Crippen molar-refractivity contribution in [2.45, 2.75) is 12.5 Å². The highest BCUT2D eigenvalue weighted by molar-refractivity contribution is 6.32. The van der Waals surface area contributed by atoms with Crippen LogP contribution < -0.4 is 5.32 Å². The molecule has 1 aromatic rings. The number of hydrogen-bond acceptors (Lipinski definition) is 4. The molecule has 1 aliphatic heterocycles. The summed E-state index contributed by atoms with van der Waals surface area (Å²) in [6, 6.07) is 5.16. The number of likely N-dealkylation sites (tertiary alicyclic amines) is 1. The maximum atomic E-state index is 10.7. The second-order valence-corrected chi connectivity index (χ2v) is 4.72. The van der Waals surface area contributed by atoms with Crippen molar-refractivity contribution in [3.8, 4) is 0 Å². The van der Waals surface area contributed by atoms with E-state index < -0.39 is 4.92 Å². The standard InChI is InChI=1S/C11H14ClN3O2/c1-14-5-4-9(7-14)13-8-2-3-10(12)11(6-8)15(16)17/h2-3,6,9,13H,4-5,7H2,1H3. The smallest absolute Gasteiger partial charge is 0.289 e. The van der Waals surface area contributed by atoms with Crippen molar-refractivity contribution in [2.24, 2.45) is 0 Å². The lowest BCUT2D eigenvalue weighted by Crippen LogP contribution is -2.23. The van der Waals surface area contributed by atoms with Crippen LogP contribution in [0.15, 0.2) is 18.2 Å². The number of rotatable bonds is 3. The van der Waals surface area contributed by atoms with E-state index in [1.165, 1.54) is 6.07 Å². The van der Waals surface area contributed by atoms with Crippen LogP contribution in [0.2, 0.25) is 5.02 Å². The summed E-state index contributed by atoms with van der Waals surface area (Å²) in [5, 5.41) is 14.2. The molecule has 0 amide bonds. The number of hydrogen-bond donors (Lipinski definition) is 1. The minimum absolute atomic E-state index is 0.0528. The summed E-state index contributed by atoms with van der Waals surface area (Å²) in [5.41, 5.74) is 0.699. The Hall–Kier alpha value is -1.33. The van der Waals surface area contributed by atoms with Gasteiger partial charge in [-0.2, -0.15) is 0 Å². The Labute approximate surface area is 105 Å². The predicted molar refractivity (Wildman–Crippen MR) is 67.6 cm³/mol. The van der Waals surface area contributed by atoms with Crippen molar-refractivity contribution < 1.29 is 4.92 Å². The van der Waals surface area contributed by atoms with Crippen molar-refractivity contribution in [3.63, 3.8) is 0 Å². The molecule has 17 heavy (non-hydrogen) atoms. The lowest BCUT2D eigenvalue weighted by atomic mass is 10.2. The van der Waals surface area contributed by atoms with Gasteiger partial charge in [0, 0.05) is 24.3 Å². The molecule has 92 valence electrons. The van der Waals surface area contributed by atoms with Crippen LogP contribution in [0.5, 0.6) is 0 Å². The highest BCUT2D eigenvalue weighted by atomic mass is 35.5. The van der Waals surface area contributed by atoms with Crippen LogP contribution in [0, 0.1) is 10.1 Å². The first kappa shape index (κ1) is 12.1.